The second-order valence-electron chi connectivity index (χ2n) is 7.31. The average molecular weight is 411 g/mol. The van der Waals surface area contributed by atoms with Gasteiger partial charge in [0.1, 0.15) is 6.04 Å². The van der Waals surface area contributed by atoms with Crippen molar-refractivity contribution in [2.45, 2.75) is 57.4 Å². The summed E-state index contributed by atoms with van der Waals surface area (Å²) in [5, 5.41) is 5.17. The summed E-state index contributed by atoms with van der Waals surface area (Å²) in [6.45, 7) is 6.50. The fraction of sp³-hybridized carbons (Fsp3) is 0.579. The molecule has 28 heavy (non-hydrogen) atoms. The van der Waals surface area contributed by atoms with Crippen molar-refractivity contribution in [1.82, 2.24) is 9.62 Å². The summed E-state index contributed by atoms with van der Waals surface area (Å²) in [6.07, 6.45) is 3.40. The van der Waals surface area contributed by atoms with Gasteiger partial charge in [0.05, 0.1) is 4.90 Å². The van der Waals surface area contributed by atoms with Gasteiger partial charge in [0.25, 0.3) is 0 Å². The van der Waals surface area contributed by atoms with E-state index in [0.29, 0.717) is 30.8 Å². The van der Waals surface area contributed by atoms with Crippen LogP contribution in [0.25, 0.3) is 0 Å². The largest absolute Gasteiger partial charge is 0.352 e. The van der Waals surface area contributed by atoms with Gasteiger partial charge in [0.2, 0.25) is 15.9 Å². The molecule has 0 aromatic heterocycles. The van der Waals surface area contributed by atoms with E-state index in [0.717, 1.165) is 19.3 Å². The number of benzene rings is 1. The van der Waals surface area contributed by atoms with Crippen LogP contribution in [0.3, 0.4) is 0 Å². The normalized spacial score (nSPS) is 17.5. The van der Waals surface area contributed by atoms with Crippen LogP contribution in [-0.2, 0) is 14.8 Å². The number of hydrogen-bond acceptors (Lipinski definition) is 4. The molecule has 1 heterocycles. The first-order valence-corrected chi connectivity index (χ1v) is 11.1. The van der Waals surface area contributed by atoms with E-state index in [-0.39, 0.29) is 10.8 Å². The number of sulfonamides is 1. The van der Waals surface area contributed by atoms with E-state index < -0.39 is 28.0 Å². The monoisotopic (exact) mass is 410 g/mol. The summed E-state index contributed by atoms with van der Waals surface area (Å²) in [5.74, 6) is -0.562. The molecule has 2 atom stereocenters. The fourth-order valence-corrected chi connectivity index (χ4v) is 5.04. The molecule has 1 saturated heterocycles. The maximum atomic E-state index is 13.0. The standard InChI is InChI=1S/C19H30N4O4S/c1-4-13(2)17(22-19(20)25)18(24)21-15-9-8-14(3)16(12-15)28(26,27)23-10-6-5-7-11-23/h8-9,12-13,17H,4-7,10-11H2,1-3H3,(H,21,24)(H3,20,22,25). The number of aryl methyl sites for hydroxylation is 1. The average Bonchev–Trinajstić information content (AvgIpc) is 2.67. The van der Waals surface area contributed by atoms with Crippen molar-refractivity contribution in [2.75, 3.05) is 18.4 Å². The van der Waals surface area contributed by atoms with E-state index in [4.69, 9.17) is 5.73 Å². The smallest absolute Gasteiger partial charge is 0.312 e. The Balaban J connectivity index is 2.26. The zero-order chi connectivity index (χ0) is 20.9. The molecule has 8 nitrogen and oxygen atoms in total. The molecule has 2 rings (SSSR count). The Morgan fingerprint density at radius 1 is 1.21 bits per heavy atom. The molecular formula is C19H30N4O4S. The van der Waals surface area contributed by atoms with Crippen LogP contribution in [0.15, 0.2) is 23.1 Å². The molecule has 2 unspecified atom stereocenters. The number of amides is 3. The molecule has 1 aliphatic heterocycles. The number of nitrogens with one attached hydrogen (secondary N) is 2. The number of nitrogens with zero attached hydrogens (tertiary/aromatic N) is 1. The summed E-state index contributed by atoms with van der Waals surface area (Å²) in [4.78, 5) is 24.1. The first kappa shape index (κ1) is 22.2. The predicted octanol–water partition coefficient (Wildman–Crippen LogP) is 2.19. The number of carbonyl (C=O) groups excluding carboxylic acids is 2. The predicted molar refractivity (Wildman–Crippen MR) is 108 cm³/mol. The highest BCUT2D eigenvalue weighted by Crippen LogP contribution is 2.26. The zero-order valence-electron chi connectivity index (χ0n) is 16.7. The molecule has 156 valence electrons. The minimum absolute atomic E-state index is 0.130. The van der Waals surface area contributed by atoms with Gasteiger partial charge in [-0.25, -0.2) is 13.2 Å². The lowest BCUT2D eigenvalue weighted by atomic mass is 9.98. The van der Waals surface area contributed by atoms with Crippen molar-refractivity contribution in [1.29, 1.82) is 0 Å². The molecule has 3 amide bonds. The molecule has 0 saturated carbocycles. The number of carbonyl (C=O) groups is 2. The Morgan fingerprint density at radius 2 is 1.86 bits per heavy atom. The van der Waals surface area contributed by atoms with Crippen LogP contribution in [0.4, 0.5) is 10.5 Å². The van der Waals surface area contributed by atoms with Gasteiger partial charge in [-0.2, -0.15) is 4.31 Å². The third-order valence-corrected chi connectivity index (χ3v) is 7.22. The molecule has 0 spiro atoms. The van der Waals surface area contributed by atoms with E-state index in [1.807, 2.05) is 13.8 Å². The topological polar surface area (TPSA) is 122 Å². The lowest BCUT2D eigenvalue weighted by molar-refractivity contribution is -0.119. The van der Waals surface area contributed by atoms with Gasteiger partial charge >= 0.3 is 6.03 Å². The maximum Gasteiger partial charge on any atom is 0.312 e. The van der Waals surface area contributed by atoms with Gasteiger partial charge in [0.15, 0.2) is 0 Å². The van der Waals surface area contributed by atoms with Gasteiger partial charge in [-0.3, -0.25) is 4.79 Å². The minimum Gasteiger partial charge on any atom is -0.352 e. The Morgan fingerprint density at radius 3 is 2.43 bits per heavy atom. The molecule has 0 aliphatic carbocycles. The van der Waals surface area contributed by atoms with Crippen LogP contribution in [0.5, 0.6) is 0 Å². The molecule has 1 fully saturated rings. The first-order chi connectivity index (χ1) is 13.2. The molecule has 1 aliphatic rings. The Labute approximate surface area is 166 Å². The number of urea groups is 1. The van der Waals surface area contributed by atoms with Crippen molar-refractivity contribution in [3.05, 3.63) is 23.8 Å². The second kappa shape index (κ2) is 9.38. The van der Waals surface area contributed by atoms with Gasteiger partial charge < -0.3 is 16.4 Å². The molecule has 9 heteroatoms. The fourth-order valence-electron chi connectivity index (χ4n) is 3.28. The summed E-state index contributed by atoms with van der Waals surface area (Å²) in [5.41, 5.74) is 6.17. The van der Waals surface area contributed by atoms with Crippen molar-refractivity contribution < 1.29 is 18.0 Å². The van der Waals surface area contributed by atoms with Crippen molar-refractivity contribution >= 4 is 27.6 Å². The summed E-state index contributed by atoms with van der Waals surface area (Å²) in [7, 11) is -3.62. The van der Waals surface area contributed by atoms with Crippen molar-refractivity contribution in [3.63, 3.8) is 0 Å². The summed E-state index contributed by atoms with van der Waals surface area (Å²) >= 11 is 0. The Kier molecular flexibility index (Phi) is 7.42. The third-order valence-electron chi connectivity index (χ3n) is 5.18. The molecule has 0 radical (unpaired) electrons. The molecule has 4 N–H and O–H groups in total. The zero-order valence-corrected chi connectivity index (χ0v) is 17.5. The van der Waals surface area contributed by atoms with E-state index >= 15 is 0 Å². The lowest BCUT2D eigenvalue weighted by Crippen LogP contribution is -2.49. The summed E-state index contributed by atoms with van der Waals surface area (Å²) in [6, 6.07) is 3.23. The number of rotatable bonds is 7. The highest BCUT2D eigenvalue weighted by atomic mass is 32.2. The number of piperidine rings is 1. The van der Waals surface area contributed by atoms with Crippen molar-refractivity contribution in [2.24, 2.45) is 11.7 Å². The van der Waals surface area contributed by atoms with E-state index in [1.54, 1.807) is 19.1 Å². The highest BCUT2D eigenvalue weighted by Gasteiger charge is 2.29. The van der Waals surface area contributed by atoms with Gasteiger partial charge in [-0.15, -0.1) is 0 Å². The molecule has 1 aromatic carbocycles. The third kappa shape index (κ3) is 5.23. The van der Waals surface area contributed by atoms with Crippen molar-refractivity contribution in [3.8, 4) is 0 Å². The minimum atomic E-state index is -3.62. The molecule has 0 bridgehead atoms. The number of anilines is 1. The Hall–Kier alpha value is -2.13. The number of nitrogens with two attached hydrogens (primary N) is 1. The highest BCUT2D eigenvalue weighted by molar-refractivity contribution is 7.89. The van der Waals surface area contributed by atoms with Crippen LogP contribution in [0.1, 0.15) is 45.1 Å². The second-order valence-corrected chi connectivity index (χ2v) is 9.21. The maximum absolute atomic E-state index is 13.0. The van der Waals surface area contributed by atoms with Crippen LogP contribution in [0, 0.1) is 12.8 Å². The van der Waals surface area contributed by atoms with Crippen LogP contribution >= 0.6 is 0 Å². The quantitative estimate of drug-likeness (QED) is 0.638. The van der Waals surface area contributed by atoms with Crippen LogP contribution < -0.4 is 16.4 Å². The van der Waals surface area contributed by atoms with E-state index in [2.05, 4.69) is 10.6 Å². The van der Waals surface area contributed by atoms with E-state index in [9.17, 15) is 18.0 Å². The Bertz CT molecular complexity index is 819. The van der Waals surface area contributed by atoms with Crippen LogP contribution in [-0.4, -0.2) is 43.8 Å². The summed E-state index contributed by atoms with van der Waals surface area (Å²) < 4.78 is 27.5. The number of hydrogen-bond donors (Lipinski definition) is 3. The lowest BCUT2D eigenvalue weighted by Gasteiger charge is -2.27. The number of primary amides is 1. The van der Waals surface area contributed by atoms with Gasteiger partial charge in [-0.05, 0) is 43.4 Å². The van der Waals surface area contributed by atoms with Gasteiger partial charge in [0, 0.05) is 18.8 Å². The SMILES string of the molecule is CCC(C)C(NC(N)=O)C(=O)Nc1ccc(C)c(S(=O)(=O)N2CCCCC2)c1. The molecular weight excluding hydrogens is 380 g/mol. The first-order valence-electron chi connectivity index (χ1n) is 9.64. The molecule has 1 aromatic rings. The van der Waals surface area contributed by atoms with E-state index in [1.165, 1.54) is 10.4 Å². The van der Waals surface area contributed by atoms with Gasteiger partial charge in [-0.1, -0.05) is 32.8 Å². The van der Waals surface area contributed by atoms with Crippen LogP contribution in [0.2, 0.25) is 0 Å².